The number of hydrogen-bond acceptors (Lipinski definition) is 4. The van der Waals surface area contributed by atoms with Crippen LogP contribution >= 0.6 is 0 Å². The van der Waals surface area contributed by atoms with Crippen molar-refractivity contribution in [2.24, 2.45) is 5.92 Å². The summed E-state index contributed by atoms with van der Waals surface area (Å²) < 4.78 is 8.70. The second-order valence-corrected chi connectivity index (χ2v) is 1.83. The second kappa shape index (κ2) is 4.62. The Morgan fingerprint density at radius 1 is 1.80 bits per heavy atom. The number of nitrogens with zero attached hydrogens (tertiary/aromatic N) is 1. The molecule has 0 rings (SSSR count). The summed E-state index contributed by atoms with van der Waals surface area (Å²) in [7, 11) is 1.30. The number of rotatable bonds is 3. The van der Waals surface area contributed by atoms with Crippen LogP contribution in [0.5, 0.6) is 0 Å². The molecule has 0 amide bonds. The van der Waals surface area contributed by atoms with Gasteiger partial charge in [-0.2, -0.15) is 5.26 Å². The predicted molar refractivity (Wildman–Crippen MR) is 32.7 cm³/mol. The van der Waals surface area contributed by atoms with E-state index in [1.807, 2.05) is 0 Å². The van der Waals surface area contributed by atoms with E-state index < -0.39 is 0 Å². The van der Waals surface area contributed by atoms with Crippen molar-refractivity contribution in [1.82, 2.24) is 0 Å². The molecule has 0 saturated carbocycles. The molecule has 0 spiro atoms. The summed E-state index contributed by atoms with van der Waals surface area (Å²) >= 11 is 0. The maximum Gasteiger partial charge on any atom is 0.311 e. The summed E-state index contributed by atoms with van der Waals surface area (Å²) in [5.41, 5.74) is 0. The van der Waals surface area contributed by atoms with Crippen molar-refractivity contribution in [3.05, 3.63) is 0 Å². The molecular formula is C6H9NO3. The minimum Gasteiger partial charge on any atom is -0.469 e. The molecule has 56 valence electrons. The molecule has 0 bridgehead atoms. The lowest BCUT2D eigenvalue weighted by molar-refractivity contribution is -0.146. The molecule has 1 atom stereocenters. The van der Waals surface area contributed by atoms with Crippen LogP contribution in [0.15, 0.2) is 0 Å². The van der Waals surface area contributed by atoms with E-state index in [2.05, 4.69) is 9.47 Å². The summed E-state index contributed by atoms with van der Waals surface area (Å²) in [5.74, 6) is -0.736. The van der Waals surface area contributed by atoms with E-state index in [9.17, 15) is 4.79 Å². The average molecular weight is 143 g/mol. The Bertz CT molecular complexity index is 150. The zero-order chi connectivity index (χ0) is 7.98. The molecule has 0 aromatic heterocycles. The predicted octanol–water partition coefficient (Wildman–Crippen LogP) is 0.293. The fourth-order valence-electron chi connectivity index (χ4n) is 0.431. The van der Waals surface area contributed by atoms with Gasteiger partial charge < -0.3 is 9.47 Å². The molecule has 0 heterocycles. The highest BCUT2D eigenvalue weighted by Crippen LogP contribution is 1.96. The highest BCUT2D eigenvalue weighted by Gasteiger charge is 2.12. The first-order valence-corrected chi connectivity index (χ1v) is 2.81. The Labute approximate surface area is 59.3 Å². The Morgan fingerprint density at radius 3 is 2.80 bits per heavy atom. The molecule has 0 aromatic carbocycles. The number of esters is 1. The molecule has 0 aliphatic carbocycles. The van der Waals surface area contributed by atoms with Gasteiger partial charge in [-0.3, -0.25) is 4.79 Å². The standard InChI is InChI=1S/C6H9NO3/c1-5(3-10-4-7)6(8)9-2/h5H,3H2,1-2H3. The van der Waals surface area contributed by atoms with E-state index in [1.54, 1.807) is 6.92 Å². The number of carbonyl (C=O) groups is 1. The van der Waals surface area contributed by atoms with Gasteiger partial charge in [0.05, 0.1) is 13.0 Å². The molecule has 0 aromatic rings. The Hall–Kier alpha value is -1.24. The average Bonchev–Trinajstić information content (AvgIpc) is 1.98. The number of ether oxygens (including phenoxy) is 2. The maximum absolute atomic E-state index is 10.6. The van der Waals surface area contributed by atoms with Crippen LogP contribution in [0.4, 0.5) is 0 Å². The van der Waals surface area contributed by atoms with Crippen molar-refractivity contribution >= 4 is 5.97 Å². The van der Waals surface area contributed by atoms with Crippen LogP contribution in [0.3, 0.4) is 0 Å². The van der Waals surface area contributed by atoms with Gasteiger partial charge in [0.25, 0.3) is 6.26 Å². The molecule has 1 unspecified atom stereocenters. The minimum atomic E-state index is -0.371. The fourth-order valence-corrected chi connectivity index (χ4v) is 0.431. The van der Waals surface area contributed by atoms with Crippen LogP contribution in [-0.2, 0) is 14.3 Å². The summed E-state index contributed by atoms with van der Waals surface area (Å²) in [6, 6.07) is 0. The van der Waals surface area contributed by atoms with Gasteiger partial charge in [0, 0.05) is 0 Å². The summed E-state index contributed by atoms with van der Waals surface area (Å²) in [5, 5.41) is 7.95. The third-order valence-electron chi connectivity index (χ3n) is 1.00. The number of carbonyl (C=O) groups excluding carboxylic acids is 1. The molecule has 0 aliphatic heterocycles. The van der Waals surface area contributed by atoms with Gasteiger partial charge in [-0.15, -0.1) is 0 Å². The zero-order valence-corrected chi connectivity index (χ0v) is 5.96. The number of nitriles is 1. The van der Waals surface area contributed by atoms with Crippen molar-refractivity contribution in [3.8, 4) is 6.26 Å². The summed E-state index contributed by atoms with van der Waals surface area (Å²) in [4.78, 5) is 10.6. The van der Waals surface area contributed by atoms with E-state index in [4.69, 9.17) is 5.26 Å². The van der Waals surface area contributed by atoms with Crippen molar-refractivity contribution in [2.45, 2.75) is 6.92 Å². The van der Waals surface area contributed by atoms with Gasteiger partial charge >= 0.3 is 5.97 Å². The van der Waals surface area contributed by atoms with Gasteiger partial charge in [0.1, 0.15) is 6.61 Å². The molecule has 4 heteroatoms. The van der Waals surface area contributed by atoms with Gasteiger partial charge in [0.2, 0.25) is 0 Å². The van der Waals surface area contributed by atoms with Crippen molar-refractivity contribution in [1.29, 1.82) is 5.26 Å². The van der Waals surface area contributed by atoms with Crippen LogP contribution in [0, 0.1) is 17.4 Å². The summed E-state index contributed by atoms with van der Waals surface area (Å²) in [6.07, 6.45) is 1.47. The van der Waals surface area contributed by atoms with Crippen molar-refractivity contribution in [3.63, 3.8) is 0 Å². The highest BCUT2D eigenvalue weighted by molar-refractivity contribution is 5.71. The molecular weight excluding hydrogens is 134 g/mol. The normalized spacial score (nSPS) is 11.3. The van der Waals surface area contributed by atoms with Gasteiger partial charge in [0.15, 0.2) is 0 Å². The van der Waals surface area contributed by atoms with E-state index in [0.717, 1.165) is 0 Å². The van der Waals surface area contributed by atoms with Crippen LogP contribution in [0.25, 0.3) is 0 Å². The van der Waals surface area contributed by atoms with E-state index in [0.29, 0.717) is 0 Å². The number of hydrogen-bond donors (Lipinski definition) is 0. The van der Waals surface area contributed by atoms with Crippen LogP contribution in [-0.4, -0.2) is 19.7 Å². The maximum atomic E-state index is 10.6. The lowest BCUT2D eigenvalue weighted by Gasteiger charge is -2.04. The molecule has 0 radical (unpaired) electrons. The largest absolute Gasteiger partial charge is 0.469 e. The third kappa shape index (κ3) is 2.92. The zero-order valence-electron chi connectivity index (χ0n) is 5.96. The van der Waals surface area contributed by atoms with Gasteiger partial charge in [-0.1, -0.05) is 0 Å². The highest BCUT2D eigenvalue weighted by atomic mass is 16.5. The van der Waals surface area contributed by atoms with E-state index in [1.165, 1.54) is 13.4 Å². The Morgan fingerprint density at radius 2 is 2.40 bits per heavy atom. The second-order valence-electron chi connectivity index (χ2n) is 1.83. The van der Waals surface area contributed by atoms with E-state index >= 15 is 0 Å². The molecule has 0 aliphatic rings. The Kier molecular flexibility index (Phi) is 4.05. The topological polar surface area (TPSA) is 59.3 Å². The quantitative estimate of drug-likeness (QED) is 0.421. The first-order valence-electron chi connectivity index (χ1n) is 2.81. The summed E-state index contributed by atoms with van der Waals surface area (Å²) in [6.45, 7) is 1.71. The van der Waals surface area contributed by atoms with Crippen LogP contribution < -0.4 is 0 Å². The van der Waals surface area contributed by atoms with Gasteiger partial charge in [-0.25, -0.2) is 0 Å². The molecule has 4 nitrogen and oxygen atoms in total. The third-order valence-corrected chi connectivity index (χ3v) is 1.00. The SMILES string of the molecule is COC(=O)C(C)COC#N. The lowest BCUT2D eigenvalue weighted by Crippen LogP contribution is -2.17. The molecule has 10 heavy (non-hydrogen) atoms. The number of methoxy groups -OCH3 is 1. The van der Waals surface area contributed by atoms with Crippen LogP contribution in [0.1, 0.15) is 6.92 Å². The molecule has 0 fully saturated rings. The fraction of sp³-hybridized carbons (Fsp3) is 0.667. The van der Waals surface area contributed by atoms with Crippen molar-refractivity contribution < 1.29 is 14.3 Å². The Balaban J connectivity index is 3.53. The monoisotopic (exact) mass is 143 g/mol. The first-order chi connectivity index (χ1) is 4.72. The molecule has 0 N–H and O–H groups in total. The smallest absolute Gasteiger partial charge is 0.311 e. The van der Waals surface area contributed by atoms with Crippen molar-refractivity contribution in [2.75, 3.05) is 13.7 Å². The van der Waals surface area contributed by atoms with E-state index in [-0.39, 0.29) is 18.5 Å². The molecule has 0 saturated heterocycles. The lowest BCUT2D eigenvalue weighted by atomic mass is 10.2. The van der Waals surface area contributed by atoms with Crippen LogP contribution in [0.2, 0.25) is 0 Å². The van der Waals surface area contributed by atoms with Gasteiger partial charge in [-0.05, 0) is 6.92 Å². The minimum absolute atomic E-state index is 0.0865. The first kappa shape index (κ1) is 8.76.